The van der Waals surface area contributed by atoms with Gasteiger partial charge in [-0.2, -0.15) is 0 Å². The first kappa shape index (κ1) is 18.6. The fourth-order valence-corrected chi connectivity index (χ4v) is 7.21. The molecular weight excluding hydrogens is 374 g/mol. The van der Waals surface area contributed by atoms with Crippen molar-refractivity contribution < 1.29 is 9.53 Å². The minimum atomic E-state index is -0.0952. The highest BCUT2D eigenvalue weighted by Crippen LogP contribution is 2.60. The normalized spacial score (nSPS) is 34.6. The van der Waals surface area contributed by atoms with Crippen molar-refractivity contribution in [3.8, 4) is 0 Å². The van der Waals surface area contributed by atoms with Crippen LogP contribution in [0, 0.1) is 23.2 Å². The van der Waals surface area contributed by atoms with Gasteiger partial charge in [0.15, 0.2) is 0 Å². The molecule has 1 atom stereocenters. The molecule has 4 aliphatic carbocycles. The second-order valence-corrected chi connectivity index (χ2v) is 10.3. The molecule has 4 fully saturated rings. The van der Waals surface area contributed by atoms with E-state index in [1.54, 1.807) is 6.20 Å². The van der Waals surface area contributed by atoms with Gasteiger partial charge in [0.25, 0.3) is 0 Å². The lowest BCUT2D eigenvalue weighted by molar-refractivity contribution is -0.160. The molecule has 158 valence electrons. The molecule has 4 saturated carbocycles. The average Bonchev–Trinajstić information content (AvgIpc) is 3.09. The Labute approximate surface area is 178 Å². The third-order valence-electron chi connectivity index (χ3n) is 8.07. The summed E-state index contributed by atoms with van der Waals surface area (Å²) in [6.45, 7) is 2.66. The monoisotopic (exact) mass is 405 g/mol. The van der Waals surface area contributed by atoms with Gasteiger partial charge in [-0.3, -0.25) is 9.78 Å². The zero-order valence-corrected chi connectivity index (χ0v) is 17.6. The maximum absolute atomic E-state index is 14.0. The third-order valence-corrected chi connectivity index (χ3v) is 8.07. The van der Waals surface area contributed by atoms with Gasteiger partial charge in [0.2, 0.25) is 5.91 Å². The van der Waals surface area contributed by atoms with E-state index in [9.17, 15) is 4.79 Å². The van der Waals surface area contributed by atoms with E-state index >= 15 is 0 Å². The Bertz CT molecular complexity index is 886. The molecule has 1 aliphatic heterocycles. The highest BCUT2D eigenvalue weighted by Gasteiger charge is 2.55. The molecule has 2 aromatic heterocycles. The number of pyridine rings is 1. The van der Waals surface area contributed by atoms with E-state index in [1.807, 2.05) is 18.2 Å². The smallest absolute Gasteiger partial charge is 0.229 e. The Morgan fingerprint density at radius 1 is 1.03 bits per heavy atom. The van der Waals surface area contributed by atoms with Crippen molar-refractivity contribution in [2.45, 2.75) is 64.3 Å². The fraction of sp³-hybridized carbons (Fsp3) is 0.600. The zero-order valence-electron chi connectivity index (χ0n) is 17.6. The Morgan fingerprint density at radius 2 is 1.80 bits per heavy atom. The molecule has 2 aromatic rings. The highest BCUT2D eigenvalue weighted by atomic mass is 16.5. The lowest BCUT2D eigenvalue weighted by atomic mass is 9.49. The first-order valence-electron chi connectivity index (χ1n) is 11.6. The number of carbonyl (C=O) groups excluding carboxylic acids is 1. The van der Waals surface area contributed by atoms with Crippen LogP contribution in [0.1, 0.15) is 49.9 Å². The number of hydrogen-bond donors (Lipinski definition) is 0. The molecule has 5 aliphatic rings. The van der Waals surface area contributed by atoms with E-state index in [0.717, 1.165) is 49.3 Å². The van der Waals surface area contributed by atoms with Crippen LogP contribution in [-0.4, -0.2) is 33.0 Å². The number of nitrogens with zero attached hydrogens (tertiary/aromatic N) is 3. The molecule has 0 spiro atoms. The summed E-state index contributed by atoms with van der Waals surface area (Å²) in [4.78, 5) is 20.5. The summed E-state index contributed by atoms with van der Waals surface area (Å²) in [7, 11) is 0. The van der Waals surface area contributed by atoms with Crippen LogP contribution >= 0.6 is 0 Å². The molecular formula is C25H31N3O2. The molecule has 0 aromatic carbocycles. The average molecular weight is 406 g/mol. The molecule has 5 heteroatoms. The first-order valence-corrected chi connectivity index (χ1v) is 11.6. The topological polar surface area (TPSA) is 47.4 Å². The summed E-state index contributed by atoms with van der Waals surface area (Å²) in [5, 5.41) is 0. The quantitative estimate of drug-likeness (QED) is 0.772. The fourth-order valence-electron chi connectivity index (χ4n) is 7.21. The molecule has 1 unspecified atom stereocenters. The van der Waals surface area contributed by atoms with E-state index in [1.165, 1.54) is 25.0 Å². The Hall–Kier alpha value is -2.14. The molecule has 0 N–H and O–H groups in total. The second-order valence-electron chi connectivity index (χ2n) is 10.3. The number of ether oxygens (including phenoxy) is 1. The van der Waals surface area contributed by atoms with Crippen LogP contribution in [0.2, 0.25) is 0 Å². The van der Waals surface area contributed by atoms with Gasteiger partial charge >= 0.3 is 0 Å². The van der Waals surface area contributed by atoms with Gasteiger partial charge in [-0.15, -0.1) is 0 Å². The van der Waals surface area contributed by atoms with Crippen LogP contribution in [0.15, 0.2) is 42.7 Å². The Kier molecular flexibility index (Phi) is 4.48. The molecule has 0 saturated heterocycles. The molecule has 0 radical (unpaired) electrons. The van der Waals surface area contributed by atoms with Crippen LogP contribution in [-0.2, 0) is 29.2 Å². The summed E-state index contributed by atoms with van der Waals surface area (Å²) in [5.41, 5.74) is 2.06. The van der Waals surface area contributed by atoms with Gasteiger partial charge < -0.3 is 14.2 Å². The molecule has 4 bridgehead atoms. The number of rotatable bonds is 4. The summed E-state index contributed by atoms with van der Waals surface area (Å²) >= 11 is 0. The molecule has 1 amide bonds. The lowest BCUT2D eigenvalue weighted by Crippen LogP contribution is -2.55. The van der Waals surface area contributed by atoms with Gasteiger partial charge in [-0.25, -0.2) is 0 Å². The third kappa shape index (κ3) is 3.27. The highest BCUT2D eigenvalue weighted by molar-refractivity contribution is 5.83. The van der Waals surface area contributed by atoms with Crippen LogP contribution in [0.3, 0.4) is 0 Å². The maximum Gasteiger partial charge on any atom is 0.229 e. The molecule has 3 heterocycles. The predicted molar refractivity (Wildman–Crippen MR) is 113 cm³/mol. The van der Waals surface area contributed by atoms with Crippen molar-refractivity contribution in [2.24, 2.45) is 23.2 Å². The van der Waals surface area contributed by atoms with E-state index in [-0.39, 0.29) is 11.5 Å². The van der Waals surface area contributed by atoms with Crippen LogP contribution in [0.5, 0.6) is 0 Å². The minimum absolute atomic E-state index is 0.0153. The van der Waals surface area contributed by atoms with Crippen LogP contribution in [0.25, 0.3) is 0 Å². The van der Waals surface area contributed by atoms with Crippen LogP contribution in [0.4, 0.5) is 0 Å². The number of hydrogen-bond acceptors (Lipinski definition) is 3. The standard InChI is InChI=1S/C25H31N3O2/c29-24(25-11-18-8-19(12-25)10-20(9-18)13-25)28-14-22-5-3-7-27(22)15-23(16-28)30-17-21-4-1-2-6-26-21/h1-7,18-20,23H,8-17H2. The van der Waals surface area contributed by atoms with Gasteiger partial charge in [0.05, 0.1) is 36.9 Å². The summed E-state index contributed by atoms with van der Waals surface area (Å²) in [6, 6.07) is 10.2. The number of amides is 1. The van der Waals surface area contributed by atoms with Gasteiger partial charge in [0.1, 0.15) is 0 Å². The Morgan fingerprint density at radius 3 is 2.50 bits per heavy atom. The lowest BCUT2D eigenvalue weighted by Gasteiger charge is -2.56. The number of fused-ring (bicyclic) bond motifs is 1. The maximum atomic E-state index is 14.0. The summed E-state index contributed by atoms with van der Waals surface area (Å²) < 4.78 is 8.56. The molecule has 5 nitrogen and oxygen atoms in total. The van der Waals surface area contributed by atoms with E-state index in [2.05, 4.69) is 32.8 Å². The number of carbonyl (C=O) groups is 1. The van der Waals surface area contributed by atoms with Gasteiger partial charge in [-0.05, 0) is 80.5 Å². The largest absolute Gasteiger partial charge is 0.368 e. The van der Waals surface area contributed by atoms with Crippen molar-refractivity contribution >= 4 is 5.91 Å². The minimum Gasteiger partial charge on any atom is -0.368 e. The van der Waals surface area contributed by atoms with Crippen LogP contribution < -0.4 is 0 Å². The summed E-state index contributed by atoms with van der Waals surface area (Å²) in [5.74, 6) is 2.76. The van der Waals surface area contributed by atoms with Crippen molar-refractivity contribution in [1.82, 2.24) is 14.5 Å². The van der Waals surface area contributed by atoms with Crippen molar-refractivity contribution in [2.75, 3.05) is 6.54 Å². The van der Waals surface area contributed by atoms with E-state index in [0.29, 0.717) is 25.6 Å². The zero-order chi connectivity index (χ0) is 20.1. The van der Waals surface area contributed by atoms with E-state index < -0.39 is 0 Å². The molecule has 7 rings (SSSR count). The second kappa shape index (κ2) is 7.23. The Balaban J connectivity index is 1.23. The van der Waals surface area contributed by atoms with Crippen molar-refractivity contribution in [3.05, 3.63) is 54.1 Å². The first-order chi connectivity index (χ1) is 14.7. The molecule has 30 heavy (non-hydrogen) atoms. The van der Waals surface area contributed by atoms with E-state index in [4.69, 9.17) is 4.74 Å². The van der Waals surface area contributed by atoms with Crippen molar-refractivity contribution in [3.63, 3.8) is 0 Å². The summed E-state index contributed by atoms with van der Waals surface area (Å²) in [6.07, 6.45) is 11.4. The predicted octanol–water partition coefficient (Wildman–Crippen LogP) is 4.03. The van der Waals surface area contributed by atoms with Crippen molar-refractivity contribution in [1.29, 1.82) is 0 Å². The number of aromatic nitrogens is 2. The van der Waals surface area contributed by atoms with Gasteiger partial charge in [0, 0.05) is 24.6 Å². The van der Waals surface area contributed by atoms with Gasteiger partial charge in [-0.1, -0.05) is 6.07 Å². The SMILES string of the molecule is O=C(N1Cc2cccn2CC(OCc2ccccn2)C1)C12CC3CC(CC(C3)C1)C2.